The van der Waals surface area contributed by atoms with Crippen LogP contribution in [0.2, 0.25) is 10.0 Å². The first-order chi connectivity index (χ1) is 9.23. The van der Waals surface area contributed by atoms with E-state index >= 15 is 0 Å². The van der Waals surface area contributed by atoms with Crippen molar-refractivity contribution in [3.8, 4) is 11.8 Å². The molecule has 108 valence electrons. The Labute approximate surface area is 127 Å². The maximum absolute atomic E-state index is 11.6. The molecular weight excluding hydrogens is 303 g/mol. The molecule has 0 aromatic heterocycles. The summed E-state index contributed by atoms with van der Waals surface area (Å²) in [5.74, 6) is 0.199. The Kier molecular flexibility index (Phi) is 5.49. The van der Waals surface area contributed by atoms with E-state index in [1.54, 1.807) is 20.8 Å². The molecular formula is C13H14Cl2N2O3. The molecule has 1 aromatic rings. The fraction of sp³-hybridized carbons (Fsp3) is 0.385. The highest BCUT2D eigenvalue weighted by molar-refractivity contribution is 6.37. The number of amides is 1. The second kappa shape index (κ2) is 6.69. The molecule has 0 radical (unpaired) electrons. The minimum Gasteiger partial charge on any atom is -0.476 e. The Morgan fingerprint density at radius 3 is 2.35 bits per heavy atom. The van der Waals surface area contributed by atoms with Gasteiger partial charge in [-0.25, -0.2) is 4.79 Å². The molecule has 1 rings (SSSR count). The second-order valence-electron chi connectivity index (χ2n) is 4.84. The number of hydrogen-bond donors (Lipinski definition) is 1. The van der Waals surface area contributed by atoms with Crippen LogP contribution < -0.4 is 10.1 Å². The number of nitrogens with zero attached hydrogens (tertiary/aromatic N) is 1. The second-order valence-corrected chi connectivity index (χ2v) is 5.66. The molecule has 0 aliphatic rings. The van der Waals surface area contributed by atoms with Gasteiger partial charge in [-0.15, -0.1) is 0 Å². The average molecular weight is 317 g/mol. The number of anilines is 1. The van der Waals surface area contributed by atoms with Gasteiger partial charge in [0.05, 0.1) is 10.0 Å². The van der Waals surface area contributed by atoms with Crippen LogP contribution in [-0.2, 0) is 4.74 Å². The van der Waals surface area contributed by atoms with Crippen LogP contribution in [0.1, 0.15) is 20.8 Å². The summed E-state index contributed by atoms with van der Waals surface area (Å²) in [7, 11) is 0. The number of benzene rings is 1. The fourth-order valence-electron chi connectivity index (χ4n) is 1.30. The minimum absolute atomic E-state index is 0.168. The van der Waals surface area contributed by atoms with E-state index in [0.717, 1.165) is 0 Å². The van der Waals surface area contributed by atoms with Gasteiger partial charge in [0.1, 0.15) is 11.7 Å². The van der Waals surface area contributed by atoms with E-state index in [1.807, 2.05) is 6.07 Å². The van der Waals surface area contributed by atoms with Crippen LogP contribution in [0.3, 0.4) is 0 Å². The van der Waals surface area contributed by atoms with Gasteiger partial charge in [-0.2, -0.15) is 5.26 Å². The molecule has 0 atom stereocenters. The largest absolute Gasteiger partial charge is 0.476 e. The van der Waals surface area contributed by atoms with Crippen molar-refractivity contribution in [3.05, 3.63) is 22.2 Å². The third kappa shape index (κ3) is 5.16. The summed E-state index contributed by atoms with van der Waals surface area (Å²) in [6, 6.07) is 4.74. The van der Waals surface area contributed by atoms with Crippen LogP contribution >= 0.6 is 23.2 Å². The maximum atomic E-state index is 11.6. The summed E-state index contributed by atoms with van der Waals surface area (Å²) in [5.41, 5.74) is -0.230. The molecule has 0 saturated carbocycles. The van der Waals surface area contributed by atoms with E-state index in [0.29, 0.717) is 5.69 Å². The van der Waals surface area contributed by atoms with Crippen molar-refractivity contribution in [2.45, 2.75) is 26.4 Å². The van der Waals surface area contributed by atoms with E-state index in [-0.39, 0.29) is 22.4 Å². The Balaban J connectivity index is 2.84. The average Bonchev–Trinajstić information content (AvgIpc) is 2.25. The van der Waals surface area contributed by atoms with Crippen LogP contribution in [0.5, 0.6) is 5.75 Å². The van der Waals surface area contributed by atoms with Crippen LogP contribution in [0.15, 0.2) is 12.1 Å². The Morgan fingerprint density at radius 2 is 1.90 bits per heavy atom. The van der Waals surface area contributed by atoms with Gasteiger partial charge < -0.3 is 9.47 Å². The normalized spacial score (nSPS) is 10.6. The molecule has 0 spiro atoms. The molecule has 7 heteroatoms. The van der Waals surface area contributed by atoms with Gasteiger partial charge in [0, 0.05) is 5.69 Å². The van der Waals surface area contributed by atoms with Crippen molar-refractivity contribution in [2.75, 3.05) is 11.9 Å². The topological polar surface area (TPSA) is 71.3 Å². The van der Waals surface area contributed by atoms with Gasteiger partial charge in [0.15, 0.2) is 12.4 Å². The zero-order chi connectivity index (χ0) is 15.3. The number of halogens is 2. The molecule has 0 fully saturated rings. The molecule has 0 bridgehead atoms. The lowest BCUT2D eigenvalue weighted by Gasteiger charge is -2.20. The highest BCUT2D eigenvalue weighted by atomic mass is 35.5. The number of carbonyl (C=O) groups excluding carboxylic acids is 1. The zero-order valence-electron chi connectivity index (χ0n) is 11.3. The van der Waals surface area contributed by atoms with Crippen LogP contribution in [0.25, 0.3) is 0 Å². The number of hydrogen-bond acceptors (Lipinski definition) is 4. The molecule has 0 heterocycles. The highest BCUT2D eigenvalue weighted by Crippen LogP contribution is 2.36. The summed E-state index contributed by atoms with van der Waals surface area (Å²) in [6.07, 6.45) is -0.615. The van der Waals surface area contributed by atoms with E-state index < -0.39 is 11.7 Å². The smallest absolute Gasteiger partial charge is 0.412 e. The first-order valence-corrected chi connectivity index (χ1v) is 6.47. The number of nitrogens with one attached hydrogen (secondary N) is 1. The quantitative estimate of drug-likeness (QED) is 0.905. The summed E-state index contributed by atoms with van der Waals surface area (Å²) in [6.45, 7) is 5.10. The van der Waals surface area contributed by atoms with Gasteiger partial charge in [-0.1, -0.05) is 23.2 Å². The van der Waals surface area contributed by atoms with Gasteiger partial charge in [0.2, 0.25) is 0 Å². The summed E-state index contributed by atoms with van der Waals surface area (Å²) in [5, 5.41) is 11.4. The predicted molar refractivity (Wildman–Crippen MR) is 77.4 cm³/mol. The molecule has 1 amide bonds. The summed E-state index contributed by atoms with van der Waals surface area (Å²) >= 11 is 12.0. The van der Waals surface area contributed by atoms with Crippen molar-refractivity contribution < 1.29 is 14.3 Å². The van der Waals surface area contributed by atoms with Gasteiger partial charge in [-0.3, -0.25) is 5.32 Å². The number of rotatable bonds is 3. The standard InChI is InChI=1S/C13H14Cl2N2O3/c1-13(2,3)20-12(18)17-8-6-9(14)11(10(15)7-8)19-5-4-16/h6-7H,5H2,1-3H3,(H,17,18). The monoisotopic (exact) mass is 316 g/mol. The van der Waals surface area contributed by atoms with E-state index in [1.165, 1.54) is 12.1 Å². The van der Waals surface area contributed by atoms with Crippen LogP contribution in [0, 0.1) is 11.3 Å². The molecule has 1 N–H and O–H groups in total. The zero-order valence-corrected chi connectivity index (χ0v) is 12.8. The van der Waals surface area contributed by atoms with Crippen molar-refractivity contribution >= 4 is 35.0 Å². The molecule has 20 heavy (non-hydrogen) atoms. The van der Waals surface area contributed by atoms with E-state index in [4.69, 9.17) is 37.9 Å². The SMILES string of the molecule is CC(C)(C)OC(=O)Nc1cc(Cl)c(OCC#N)c(Cl)c1. The van der Waals surface area contributed by atoms with Crippen molar-refractivity contribution in [2.24, 2.45) is 0 Å². The third-order valence-electron chi connectivity index (χ3n) is 1.92. The Morgan fingerprint density at radius 1 is 1.35 bits per heavy atom. The highest BCUT2D eigenvalue weighted by Gasteiger charge is 2.17. The maximum Gasteiger partial charge on any atom is 0.412 e. The number of nitriles is 1. The van der Waals surface area contributed by atoms with Gasteiger partial charge in [0.25, 0.3) is 0 Å². The predicted octanol–water partition coefficient (Wildman–Crippen LogP) is 4.24. The van der Waals surface area contributed by atoms with Crippen molar-refractivity contribution in [3.63, 3.8) is 0 Å². The lowest BCUT2D eigenvalue weighted by atomic mass is 10.2. The lowest BCUT2D eigenvalue weighted by Crippen LogP contribution is -2.27. The van der Waals surface area contributed by atoms with Crippen LogP contribution in [-0.4, -0.2) is 18.3 Å². The molecule has 0 saturated heterocycles. The number of carbonyl (C=O) groups is 1. The summed E-state index contributed by atoms with van der Waals surface area (Å²) in [4.78, 5) is 11.6. The lowest BCUT2D eigenvalue weighted by molar-refractivity contribution is 0.0636. The first kappa shape index (κ1) is 16.4. The Hall–Kier alpha value is -1.64. The van der Waals surface area contributed by atoms with Gasteiger partial charge in [-0.05, 0) is 32.9 Å². The summed E-state index contributed by atoms with van der Waals surface area (Å²) < 4.78 is 10.2. The third-order valence-corrected chi connectivity index (χ3v) is 2.49. The van der Waals surface area contributed by atoms with E-state index in [9.17, 15) is 4.79 Å². The van der Waals surface area contributed by atoms with E-state index in [2.05, 4.69) is 5.32 Å². The molecule has 0 aliphatic carbocycles. The van der Waals surface area contributed by atoms with Crippen LogP contribution in [0.4, 0.5) is 10.5 Å². The van der Waals surface area contributed by atoms with Crippen molar-refractivity contribution in [1.82, 2.24) is 0 Å². The fourth-order valence-corrected chi connectivity index (χ4v) is 1.89. The molecule has 5 nitrogen and oxygen atoms in total. The number of ether oxygens (including phenoxy) is 2. The Bertz CT molecular complexity index is 525. The van der Waals surface area contributed by atoms with Crippen molar-refractivity contribution in [1.29, 1.82) is 5.26 Å². The molecule has 0 aliphatic heterocycles. The van der Waals surface area contributed by atoms with Gasteiger partial charge >= 0.3 is 6.09 Å². The molecule has 0 unspecified atom stereocenters. The molecule has 1 aromatic carbocycles. The first-order valence-electron chi connectivity index (χ1n) is 5.71. The minimum atomic E-state index is -0.615.